The largest absolute Gasteiger partial charge is 0.392 e. The van der Waals surface area contributed by atoms with E-state index in [2.05, 4.69) is 20.7 Å². The molecule has 5 nitrogen and oxygen atoms in total. The molecule has 1 aromatic rings. The average Bonchev–Trinajstić information content (AvgIpc) is 2.20. The molecule has 0 amide bonds. The van der Waals surface area contributed by atoms with Crippen molar-refractivity contribution in [1.82, 2.24) is 4.31 Å². The summed E-state index contributed by atoms with van der Waals surface area (Å²) in [7, 11) is -0.679. The maximum atomic E-state index is 11.6. The number of hydrogen-bond donors (Lipinski definition) is 2. The first kappa shape index (κ1) is 13.4. The molecule has 7 heteroatoms. The van der Waals surface area contributed by atoms with E-state index >= 15 is 0 Å². The molecule has 0 bridgehead atoms. The van der Waals surface area contributed by atoms with Gasteiger partial charge in [-0.05, 0) is 18.2 Å². The molecule has 0 aliphatic carbocycles. The Kier molecular flexibility index (Phi) is 4.31. The predicted molar refractivity (Wildman–Crippen MR) is 66.3 cm³/mol. The van der Waals surface area contributed by atoms with Crippen LogP contribution in [-0.2, 0) is 16.8 Å². The Hall–Kier alpha value is -0.630. The Labute approximate surface area is 103 Å². The van der Waals surface area contributed by atoms with Gasteiger partial charge in [0.1, 0.15) is 0 Å². The molecule has 0 aromatic heterocycles. The van der Waals surface area contributed by atoms with Crippen molar-refractivity contribution in [2.45, 2.75) is 6.61 Å². The third-order valence-electron chi connectivity index (χ3n) is 1.96. The lowest BCUT2D eigenvalue weighted by molar-refractivity contribution is 0.282. The van der Waals surface area contributed by atoms with Gasteiger partial charge in [-0.2, -0.15) is 12.7 Å². The van der Waals surface area contributed by atoms with Crippen molar-refractivity contribution in [2.24, 2.45) is 0 Å². The third kappa shape index (κ3) is 3.18. The van der Waals surface area contributed by atoms with E-state index in [0.717, 1.165) is 8.78 Å². The van der Waals surface area contributed by atoms with Crippen LogP contribution in [0, 0.1) is 0 Å². The van der Waals surface area contributed by atoms with Crippen LogP contribution in [0.1, 0.15) is 5.56 Å². The molecule has 0 radical (unpaired) electrons. The highest BCUT2D eigenvalue weighted by Crippen LogP contribution is 2.22. The molecule has 0 saturated carbocycles. The summed E-state index contributed by atoms with van der Waals surface area (Å²) in [5.74, 6) is 0. The minimum Gasteiger partial charge on any atom is -0.392 e. The van der Waals surface area contributed by atoms with Crippen LogP contribution >= 0.6 is 15.9 Å². The van der Waals surface area contributed by atoms with Crippen LogP contribution in [0.25, 0.3) is 0 Å². The number of anilines is 1. The van der Waals surface area contributed by atoms with Gasteiger partial charge < -0.3 is 5.11 Å². The number of rotatable bonds is 4. The van der Waals surface area contributed by atoms with Gasteiger partial charge in [0.15, 0.2) is 0 Å². The number of nitrogens with one attached hydrogen (secondary N) is 1. The second-order valence-electron chi connectivity index (χ2n) is 3.35. The Morgan fingerprint density at radius 2 is 2.06 bits per heavy atom. The van der Waals surface area contributed by atoms with Gasteiger partial charge in [0.2, 0.25) is 0 Å². The van der Waals surface area contributed by atoms with E-state index in [4.69, 9.17) is 5.11 Å². The van der Waals surface area contributed by atoms with Gasteiger partial charge in [-0.1, -0.05) is 15.9 Å². The SMILES string of the molecule is CN(C)S(=O)(=O)Nc1ccc(Br)cc1CO. The average molecular weight is 309 g/mol. The fraction of sp³-hybridized carbons (Fsp3) is 0.333. The van der Waals surface area contributed by atoms with Gasteiger partial charge in [-0.15, -0.1) is 0 Å². The second-order valence-corrected chi connectivity index (χ2v) is 6.15. The fourth-order valence-electron chi connectivity index (χ4n) is 1.02. The highest BCUT2D eigenvalue weighted by atomic mass is 79.9. The quantitative estimate of drug-likeness (QED) is 0.877. The molecular formula is C9H13BrN2O3S. The van der Waals surface area contributed by atoms with Crippen molar-refractivity contribution in [2.75, 3.05) is 18.8 Å². The van der Waals surface area contributed by atoms with Crippen molar-refractivity contribution in [3.63, 3.8) is 0 Å². The van der Waals surface area contributed by atoms with E-state index in [9.17, 15) is 8.42 Å². The zero-order valence-electron chi connectivity index (χ0n) is 8.94. The summed E-state index contributed by atoms with van der Waals surface area (Å²) >= 11 is 3.25. The zero-order valence-corrected chi connectivity index (χ0v) is 11.3. The summed E-state index contributed by atoms with van der Waals surface area (Å²) in [5.41, 5.74) is 0.888. The summed E-state index contributed by atoms with van der Waals surface area (Å²) in [5, 5.41) is 9.11. The molecule has 0 atom stereocenters. The van der Waals surface area contributed by atoms with E-state index in [1.54, 1.807) is 18.2 Å². The second kappa shape index (κ2) is 5.13. The van der Waals surface area contributed by atoms with E-state index in [0.29, 0.717) is 11.3 Å². The smallest absolute Gasteiger partial charge is 0.301 e. The first-order chi connectivity index (χ1) is 7.36. The molecule has 0 fully saturated rings. The van der Waals surface area contributed by atoms with Gasteiger partial charge in [-0.3, -0.25) is 4.72 Å². The van der Waals surface area contributed by atoms with Gasteiger partial charge in [0, 0.05) is 24.1 Å². The van der Waals surface area contributed by atoms with Crippen LogP contribution in [0.3, 0.4) is 0 Å². The fourth-order valence-corrected chi connectivity index (χ4v) is 2.09. The third-order valence-corrected chi connectivity index (χ3v) is 3.89. The Bertz CT molecular complexity index is 474. The Balaban J connectivity index is 3.07. The maximum absolute atomic E-state index is 11.6. The molecule has 1 aromatic carbocycles. The number of hydrogen-bond acceptors (Lipinski definition) is 3. The first-order valence-electron chi connectivity index (χ1n) is 4.46. The van der Waals surface area contributed by atoms with E-state index < -0.39 is 10.2 Å². The highest BCUT2D eigenvalue weighted by Gasteiger charge is 2.14. The van der Waals surface area contributed by atoms with Crippen LogP contribution in [0.15, 0.2) is 22.7 Å². The highest BCUT2D eigenvalue weighted by molar-refractivity contribution is 9.10. The van der Waals surface area contributed by atoms with Crippen molar-refractivity contribution in [1.29, 1.82) is 0 Å². The number of benzene rings is 1. The van der Waals surface area contributed by atoms with E-state index in [1.165, 1.54) is 14.1 Å². The Morgan fingerprint density at radius 1 is 1.44 bits per heavy atom. The van der Waals surface area contributed by atoms with Gasteiger partial charge in [0.05, 0.1) is 12.3 Å². The molecule has 0 heterocycles. The normalized spacial score (nSPS) is 11.8. The number of halogens is 1. The predicted octanol–water partition coefficient (Wildman–Crippen LogP) is 1.16. The molecule has 2 N–H and O–H groups in total. The molecule has 16 heavy (non-hydrogen) atoms. The molecule has 1 rings (SSSR count). The van der Waals surface area contributed by atoms with Gasteiger partial charge in [-0.25, -0.2) is 0 Å². The van der Waals surface area contributed by atoms with Crippen LogP contribution in [0.2, 0.25) is 0 Å². The van der Waals surface area contributed by atoms with Gasteiger partial charge in [0.25, 0.3) is 0 Å². The monoisotopic (exact) mass is 308 g/mol. The molecule has 90 valence electrons. The number of nitrogens with zero attached hydrogens (tertiary/aromatic N) is 1. The van der Waals surface area contributed by atoms with Crippen LogP contribution in [0.4, 0.5) is 5.69 Å². The molecule has 0 aliphatic rings. The minimum atomic E-state index is -3.54. The maximum Gasteiger partial charge on any atom is 0.301 e. The lowest BCUT2D eigenvalue weighted by Gasteiger charge is -2.15. The summed E-state index contributed by atoms with van der Waals surface area (Å²) in [6.45, 7) is -0.231. The molecule has 0 spiro atoms. The Morgan fingerprint density at radius 3 is 2.56 bits per heavy atom. The molecule has 0 unspecified atom stereocenters. The van der Waals surface area contributed by atoms with Crippen LogP contribution < -0.4 is 4.72 Å². The van der Waals surface area contributed by atoms with E-state index in [1.807, 2.05) is 0 Å². The summed E-state index contributed by atoms with van der Waals surface area (Å²) in [4.78, 5) is 0. The lowest BCUT2D eigenvalue weighted by Crippen LogP contribution is -2.29. The van der Waals surface area contributed by atoms with Crippen molar-refractivity contribution >= 4 is 31.8 Å². The summed E-state index contributed by atoms with van der Waals surface area (Å²) in [6.07, 6.45) is 0. The van der Waals surface area contributed by atoms with Crippen molar-refractivity contribution in [3.8, 4) is 0 Å². The minimum absolute atomic E-state index is 0.231. The zero-order chi connectivity index (χ0) is 12.3. The summed E-state index contributed by atoms with van der Waals surface area (Å²) in [6, 6.07) is 4.96. The summed E-state index contributed by atoms with van der Waals surface area (Å²) < 4.78 is 27.4. The first-order valence-corrected chi connectivity index (χ1v) is 6.69. The van der Waals surface area contributed by atoms with Crippen LogP contribution in [0.5, 0.6) is 0 Å². The molecule has 0 saturated heterocycles. The number of aliphatic hydroxyl groups excluding tert-OH is 1. The molecular weight excluding hydrogens is 296 g/mol. The van der Waals surface area contributed by atoms with Crippen molar-refractivity contribution < 1.29 is 13.5 Å². The van der Waals surface area contributed by atoms with E-state index in [-0.39, 0.29) is 6.61 Å². The van der Waals surface area contributed by atoms with Gasteiger partial charge >= 0.3 is 10.2 Å². The lowest BCUT2D eigenvalue weighted by atomic mass is 10.2. The number of aliphatic hydroxyl groups is 1. The van der Waals surface area contributed by atoms with Crippen molar-refractivity contribution in [3.05, 3.63) is 28.2 Å². The standard InChI is InChI=1S/C9H13BrN2O3S/c1-12(2)16(14,15)11-9-4-3-8(10)5-7(9)6-13/h3-5,11,13H,6H2,1-2H3. The van der Waals surface area contributed by atoms with Crippen LogP contribution in [-0.4, -0.2) is 31.9 Å². The molecule has 0 aliphatic heterocycles. The topological polar surface area (TPSA) is 69.6 Å².